The Balaban J connectivity index is 2.34. The van der Waals surface area contributed by atoms with Crippen molar-refractivity contribution < 1.29 is 19.4 Å². The molecule has 158 valence electrons. The number of alkyl carbamates (subject to hydrolysis) is 1. The first-order valence-corrected chi connectivity index (χ1v) is 9.56. The average Bonchev–Trinajstić information content (AvgIpc) is 2.60. The summed E-state index contributed by atoms with van der Waals surface area (Å²) in [6, 6.07) is 7.67. The number of guanidine groups is 1. The molecule has 28 heavy (non-hydrogen) atoms. The van der Waals surface area contributed by atoms with Gasteiger partial charge < -0.3 is 30.5 Å². The number of benzene rings is 1. The van der Waals surface area contributed by atoms with Gasteiger partial charge in [-0.25, -0.2) is 4.79 Å². The predicted molar refractivity (Wildman–Crippen MR) is 111 cm³/mol. The Morgan fingerprint density at radius 3 is 2.57 bits per heavy atom. The predicted octanol–water partition coefficient (Wildman–Crippen LogP) is 1.81. The fourth-order valence-electron chi connectivity index (χ4n) is 2.15. The van der Waals surface area contributed by atoms with E-state index in [1.165, 1.54) is 0 Å². The van der Waals surface area contributed by atoms with E-state index in [-0.39, 0.29) is 13.2 Å². The van der Waals surface area contributed by atoms with Gasteiger partial charge in [-0.05, 0) is 52.3 Å². The zero-order valence-corrected chi connectivity index (χ0v) is 17.5. The summed E-state index contributed by atoms with van der Waals surface area (Å²) >= 11 is 0. The van der Waals surface area contributed by atoms with E-state index in [1.807, 2.05) is 58.9 Å². The fraction of sp³-hybridized carbons (Fsp3) is 0.600. The van der Waals surface area contributed by atoms with Gasteiger partial charge in [0.1, 0.15) is 24.1 Å². The van der Waals surface area contributed by atoms with E-state index in [2.05, 4.69) is 20.9 Å². The van der Waals surface area contributed by atoms with Crippen LogP contribution in [-0.2, 0) is 4.74 Å². The molecule has 1 aromatic carbocycles. The first-order chi connectivity index (χ1) is 13.2. The first kappa shape index (κ1) is 23.6. The highest BCUT2D eigenvalue weighted by molar-refractivity contribution is 5.79. The second kappa shape index (κ2) is 12.1. The third-order valence-corrected chi connectivity index (χ3v) is 3.32. The number of nitrogens with zero attached hydrogens (tertiary/aromatic N) is 1. The van der Waals surface area contributed by atoms with E-state index in [4.69, 9.17) is 9.47 Å². The average molecular weight is 395 g/mol. The van der Waals surface area contributed by atoms with Crippen LogP contribution in [0.25, 0.3) is 0 Å². The molecule has 0 aliphatic rings. The Hall–Kier alpha value is -2.48. The molecule has 0 radical (unpaired) electrons. The number of amides is 1. The molecule has 8 heteroatoms. The van der Waals surface area contributed by atoms with Gasteiger partial charge in [0.2, 0.25) is 0 Å². The van der Waals surface area contributed by atoms with Crippen molar-refractivity contribution in [2.45, 2.75) is 46.3 Å². The van der Waals surface area contributed by atoms with E-state index in [9.17, 15) is 9.90 Å². The molecule has 0 saturated carbocycles. The monoisotopic (exact) mass is 394 g/mol. The van der Waals surface area contributed by atoms with Crippen LogP contribution in [0, 0.1) is 6.92 Å². The zero-order chi connectivity index (χ0) is 21.0. The van der Waals surface area contributed by atoms with Gasteiger partial charge in [0.15, 0.2) is 5.96 Å². The summed E-state index contributed by atoms with van der Waals surface area (Å²) in [6.07, 6.45) is -1.18. The summed E-state index contributed by atoms with van der Waals surface area (Å²) in [5.41, 5.74) is 0.577. The molecule has 8 nitrogen and oxygen atoms in total. The lowest BCUT2D eigenvalue weighted by atomic mass is 10.2. The van der Waals surface area contributed by atoms with E-state index < -0.39 is 17.8 Å². The second-order valence-electron chi connectivity index (χ2n) is 7.36. The molecule has 0 heterocycles. The van der Waals surface area contributed by atoms with Gasteiger partial charge in [-0.15, -0.1) is 0 Å². The lowest BCUT2D eigenvalue weighted by Gasteiger charge is -2.20. The summed E-state index contributed by atoms with van der Waals surface area (Å²) in [6.45, 7) is 11.3. The standard InChI is InChI=1S/C20H34N4O4/c1-6-21-18(22-10-11-23-19(26)28-20(3,4)5)24-13-16(25)14-27-17-9-7-8-15(2)12-17/h7-9,12,16,25H,6,10-11,13-14H2,1-5H3,(H,23,26)(H2,21,22,24). The highest BCUT2D eigenvalue weighted by Crippen LogP contribution is 2.12. The van der Waals surface area contributed by atoms with Crippen LogP contribution in [0.4, 0.5) is 4.79 Å². The molecule has 4 N–H and O–H groups in total. The van der Waals surface area contributed by atoms with E-state index in [1.54, 1.807) is 0 Å². The molecule has 0 aromatic heterocycles. The quantitative estimate of drug-likeness (QED) is 0.289. The minimum atomic E-state index is -0.726. The molecule has 1 amide bonds. The second-order valence-corrected chi connectivity index (χ2v) is 7.36. The smallest absolute Gasteiger partial charge is 0.407 e. The van der Waals surface area contributed by atoms with Gasteiger partial charge in [-0.2, -0.15) is 0 Å². The van der Waals surface area contributed by atoms with Crippen molar-refractivity contribution in [3.8, 4) is 5.75 Å². The molecule has 0 bridgehead atoms. The summed E-state index contributed by atoms with van der Waals surface area (Å²) in [4.78, 5) is 15.9. The number of carbonyl (C=O) groups excluding carboxylic acids is 1. The van der Waals surface area contributed by atoms with Gasteiger partial charge >= 0.3 is 6.09 Å². The summed E-state index contributed by atoms with van der Waals surface area (Å²) in [5, 5.41) is 18.9. The van der Waals surface area contributed by atoms with Gasteiger partial charge in [-0.3, -0.25) is 4.99 Å². The van der Waals surface area contributed by atoms with Gasteiger partial charge in [0.05, 0.1) is 6.54 Å². The number of aliphatic hydroxyl groups is 1. The SMILES string of the molecule is CCNC(=NCC(O)COc1cccc(C)c1)NCCNC(=O)OC(C)(C)C. The molecular weight excluding hydrogens is 360 g/mol. The first-order valence-electron chi connectivity index (χ1n) is 9.56. The molecule has 0 saturated heterocycles. The fourth-order valence-corrected chi connectivity index (χ4v) is 2.15. The molecule has 0 fully saturated rings. The maximum atomic E-state index is 11.6. The number of aliphatic imine (C=N–C) groups is 1. The third kappa shape index (κ3) is 11.3. The van der Waals surface area contributed by atoms with Crippen molar-refractivity contribution in [1.82, 2.24) is 16.0 Å². The topological polar surface area (TPSA) is 104 Å². The summed E-state index contributed by atoms with van der Waals surface area (Å²) < 4.78 is 10.8. The van der Waals surface area contributed by atoms with E-state index in [0.29, 0.717) is 25.6 Å². The van der Waals surface area contributed by atoms with Crippen LogP contribution in [0.15, 0.2) is 29.3 Å². The van der Waals surface area contributed by atoms with Crippen molar-refractivity contribution >= 4 is 12.1 Å². The Morgan fingerprint density at radius 2 is 1.93 bits per heavy atom. The lowest BCUT2D eigenvalue weighted by molar-refractivity contribution is 0.0529. The number of ether oxygens (including phenoxy) is 2. The number of aryl methyl sites for hydroxylation is 1. The van der Waals surface area contributed by atoms with Crippen LogP contribution < -0.4 is 20.7 Å². The normalized spacial score (nSPS) is 12.9. The number of hydrogen-bond acceptors (Lipinski definition) is 5. The third-order valence-electron chi connectivity index (χ3n) is 3.32. The van der Waals surface area contributed by atoms with E-state index in [0.717, 1.165) is 11.3 Å². The minimum Gasteiger partial charge on any atom is -0.491 e. The van der Waals surface area contributed by atoms with Crippen molar-refractivity contribution in [2.24, 2.45) is 4.99 Å². The Labute approximate surface area is 167 Å². The number of carbonyl (C=O) groups is 1. The van der Waals surface area contributed by atoms with Crippen molar-refractivity contribution in [2.75, 3.05) is 32.8 Å². The molecular formula is C20H34N4O4. The van der Waals surface area contributed by atoms with Crippen molar-refractivity contribution in [3.63, 3.8) is 0 Å². The molecule has 1 aromatic rings. The number of nitrogens with one attached hydrogen (secondary N) is 3. The molecule has 0 aliphatic carbocycles. The van der Waals surface area contributed by atoms with Gasteiger partial charge in [-0.1, -0.05) is 12.1 Å². The number of aliphatic hydroxyl groups excluding tert-OH is 1. The van der Waals surface area contributed by atoms with Crippen LogP contribution in [-0.4, -0.2) is 61.7 Å². The zero-order valence-electron chi connectivity index (χ0n) is 17.5. The largest absolute Gasteiger partial charge is 0.491 e. The molecule has 1 rings (SSSR count). The van der Waals surface area contributed by atoms with E-state index >= 15 is 0 Å². The van der Waals surface area contributed by atoms with Gasteiger partial charge in [0.25, 0.3) is 0 Å². The van der Waals surface area contributed by atoms with Crippen LogP contribution in [0.1, 0.15) is 33.3 Å². The summed E-state index contributed by atoms with van der Waals surface area (Å²) in [7, 11) is 0. The van der Waals surface area contributed by atoms with Crippen LogP contribution in [0.3, 0.4) is 0 Å². The van der Waals surface area contributed by atoms with Crippen molar-refractivity contribution in [3.05, 3.63) is 29.8 Å². The van der Waals surface area contributed by atoms with Crippen LogP contribution >= 0.6 is 0 Å². The molecule has 1 atom stereocenters. The Bertz CT molecular complexity index is 629. The molecule has 0 spiro atoms. The molecule has 0 aliphatic heterocycles. The Morgan fingerprint density at radius 1 is 1.21 bits per heavy atom. The summed E-state index contributed by atoms with van der Waals surface area (Å²) in [5.74, 6) is 1.28. The Kier molecular flexibility index (Phi) is 10.2. The highest BCUT2D eigenvalue weighted by Gasteiger charge is 2.15. The van der Waals surface area contributed by atoms with Crippen LogP contribution in [0.2, 0.25) is 0 Å². The maximum absolute atomic E-state index is 11.6. The molecule has 1 unspecified atom stereocenters. The number of rotatable bonds is 9. The lowest BCUT2D eigenvalue weighted by Crippen LogP contribution is -2.43. The maximum Gasteiger partial charge on any atom is 0.407 e. The minimum absolute atomic E-state index is 0.159. The number of hydrogen-bond donors (Lipinski definition) is 4. The highest BCUT2D eigenvalue weighted by atomic mass is 16.6. The van der Waals surface area contributed by atoms with Crippen LogP contribution in [0.5, 0.6) is 5.75 Å². The van der Waals surface area contributed by atoms with Gasteiger partial charge in [0, 0.05) is 19.6 Å². The van der Waals surface area contributed by atoms with Crippen molar-refractivity contribution in [1.29, 1.82) is 0 Å².